The van der Waals surface area contributed by atoms with E-state index in [2.05, 4.69) is 37.8 Å². The second-order valence-electron chi connectivity index (χ2n) is 11.6. The molecule has 9 nitrogen and oxygen atoms in total. The van der Waals surface area contributed by atoms with Crippen LogP contribution in [0.25, 0.3) is 11.1 Å². The lowest BCUT2D eigenvalue weighted by atomic mass is 9.86. The number of nitrogens with one attached hydrogen (secondary N) is 2. The summed E-state index contributed by atoms with van der Waals surface area (Å²) in [5.41, 5.74) is 3.85. The van der Waals surface area contributed by atoms with Crippen molar-refractivity contribution in [3.8, 4) is 11.1 Å². The molecule has 6 rings (SSSR count). The van der Waals surface area contributed by atoms with Gasteiger partial charge in [-0.15, -0.1) is 10.2 Å². The molecule has 1 aliphatic heterocycles. The average Bonchev–Trinajstić information content (AvgIpc) is 3.68. The van der Waals surface area contributed by atoms with Gasteiger partial charge in [-0.25, -0.2) is 0 Å². The van der Waals surface area contributed by atoms with E-state index in [0.29, 0.717) is 27.1 Å². The fourth-order valence-corrected chi connectivity index (χ4v) is 7.11. The summed E-state index contributed by atoms with van der Waals surface area (Å²) in [4.78, 5) is 34.6. The van der Waals surface area contributed by atoms with E-state index in [1.807, 2.05) is 66.7 Å². The minimum absolute atomic E-state index is 0.0524. The average molecular weight is 645 g/mol. The number of aromatic nitrogens is 4. The van der Waals surface area contributed by atoms with Gasteiger partial charge in [-0.2, -0.15) is 5.21 Å². The van der Waals surface area contributed by atoms with Crippen LogP contribution in [0.3, 0.4) is 0 Å². The Labute approximate surface area is 272 Å². The number of carbonyl (C=O) groups excluding carboxylic acids is 2. The van der Waals surface area contributed by atoms with E-state index in [9.17, 15) is 9.59 Å². The van der Waals surface area contributed by atoms with Crippen molar-refractivity contribution < 1.29 is 9.59 Å². The number of hydrogen-bond donors (Lipinski definition) is 2. The van der Waals surface area contributed by atoms with Crippen molar-refractivity contribution in [3.05, 3.63) is 99.3 Å². The fourth-order valence-electron chi connectivity index (χ4n) is 6.49. The largest absolute Gasteiger partial charge is 0.345 e. The summed E-state index contributed by atoms with van der Waals surface area (Å²) in [6.07, 6.45) is 7.59. The Balaban J connectivity index is 1.29. The van der Waals surface area contributed by atoms with Crippen LogP contribution in [0.4, 0.5) is 0 Å². The van der Waals surface area contributed by atoms with Gasteiger partial charge >= 0.3 is 0 Å². The lowest BCUT2D eigenvalue weighted by molar-refractivity contribution is -0.132. The Morgan fingerprint density at radius 3 is 2.31 bits per heavy atom. The summed E-state index contributed by atoms with van der Waals surface area (Å²) in [5.74, 6) is 0.121. The topological polar surface area (TPSA) is 116 Å². The second kappa shape index (κ2) is 13.5. The van der Waals surface area contributed by atoms with E-state index in [4.69, 9.17) is 28.2 Å². The number of H-pyrrole nitrogens is 1. The van der Waals surface area contributed by atoms with E-state index in [1.165, 1.54) is 0 Å². The molecule has 2 aliphatic rings. The molecule has 1 fully saturated rings. The van der Waals surface area contributed by atoms with Gasteiger partial charge in [0.25, 0.3) is 11.8 Å². The molecule has 1 spiro atoms. The summed E-state index contributed by atoms with van der Waals surface area (Å²) >= 11 is 12.9. The van der Waals surface area contributed by atoms with E-state index < -0.39 is 5.66 Å². The van der Waals surface area contributed by atoms with Crippen molar-refractivity contribution in [1.82, 2.24) is 30.8 Å². The van der Waals surface area contributed by atoms with Crippen molar-refractivity contribution >= 4 is 40.7 Å². The Kier molecular flexibility index (Phi) is 9.28. The zero-order valence-electron chi connectivity index (χ0n) is 25.1. The molecule has 0 radical (unpaired) electrons. The molecule has 0 bridgehead atoms. The first-order chi connectivity index (χ1) is 21.9. The van der Waals surface area contributed by atoms with E-state index in [-0.39, 0.29) is 24.4 Å². The highest BCUT2D eigenvalue weighted by atomic mass is 35.5. The standard InChI is InChI=1S/C34H35Cl2N7O2/c1-2-3-10-28(22-11-17-25(18-12-22)32(44)37-21-29-39-41-42-40-29)43-33(45)31(38-34(43)19-5-4-6-20-34)24-15-13-23(14-16-24)30-26(35)8-7-9-27(30)36/h7-9,11-18,28H,2-6,10,19-21H2,1H3,(H,37,44)(H,39,40,41,42)/t28-/m1/s1. The molecule has 2 N–H and O–H groups in total. The van der Waals surface area contributed by atoms with Crippen LogP contribution in [0.1, 0.15) is 91.6 Å². The van der Waals surface area contributed by atoms with Crippen LogP contribution >= 0.6 is 23.2 Å². The molecule has 1 aromatic heterocycles. The maximum absolute atomic E-state index is 14.5. The smallest absolute Gasteiger partial charge is 0.275 e. The second-order valence-corrected chi connectivity index (χ2v) is 12.5. The first kappa shape index (κ1) is 30.9. The van der Waals surface area contributed by atoms with Gasteiger partial charge in [0.15, 0.2) is 5.82 Å². The number of aromatic amines is 1. The van der Waals surface area contributed by atoms with Gasteiger partial charge in [0.1, 0.15) is 11.4 Å². The summed E-state index contributed by atoms with van der Waals surface area (Å²) in [6, 6.07) is 20.6. The number of amides is 2. The van der Waals surface area contributed by atoms with Crippen molar-refractivity contribution in [2.75, 3.05) is 0 Å². The molecule has 232 valence electrons. The number of nitrogens with zero attached hydrogens (tertiary/aromatic N) is 5. The van der Waals surface area contributed by atoms with Crippen molar-refractivity contribution in [2.24, 2.45) is 4.99 Å². The molecule has 3 aromatic carbocycles. The van der Waals surface area contributed by atoms with Crippen LogP contribution in [-0.4, -0.2) is 48.7 Å². The molecule has 2 heterocycles. The van der Waals surface area contributed by atoms with Gasteiger partial charge in [-0.3, -0.25) is 14.6 Å². The first-order valence-corrected chi connectivity index (χ1v) is 16.2. The number of halogens is 2. The zero-order chi connectivity index (χ0) is 31.4. The van der Waals surface area contributed by atoms with Crippen LogP contribution in [-0.2, 0) is 11.3 Å². The van der Waals surface area contributed by atoms with E-state index in [1.54, 1.807) is 0 Å². The Morgan fingerprint density at radius 2 is 1.67 bits per heavy atom. The normalized spacial score (nSPS) is 16.6. The minimum atomic E-state index is -0.589. The highest BCUT2D eigenvalue weighted by Gasteiger charge is 2.50. The van der Waals surface area contributed by atoms with E-state index in [0.717, 1.165) is 73.6 Å². The number of carbonyl (C=O) groups is 2. The third-order valence-electron chi connectivity index (χ3n) is 8.75. The maximum Gasteiger partial charge on any atom is 0.275 e. The lowest BCUT2D eigenvalue weighted by Gasteiger charge is -2.44. The summed E-state index contributed by atoms with van der Waals surface area (Å²) in [5, 5.41) is 17.6. The first-order valence-electron chi connectivity index (χ1n) is 15.5. The molecule has 1 saturated carbocycles. The monoisotopic (exact) mass is 643 g/mol. The molecular formula is C34H35Cl2N7O2. The number of benzene rings is 3. The number of rotatable bonds is 10. The molecule has 4 aromatic rings. The molecule has 0 unspecified atom stereocenters. The maximum atomic E-state index is 14.5. The third-order valence-corrected chi connectivity index (χ3v) is 9.38. The van der Waals surface area contributed by atoms with Crippen LogP contribution in [0, 0.1) is 0 Å². The molecule has 45 heavy (non-hydrogen) atoms. The SMILES string of the molecule is CCCC[C@H](c1ccc(C(=O)NCc2nn[nH]n2)cc1)N1C(=O)C(c2ccc(-c3c(Cl)cccc3Cl)cc2)=NC12CCCCC2. The van der Waals surface area contributed by atoms with Crippen LogP contribution < -0.4 is 5.32 Å². The molecule has 2 amide bonds. The fraction of sp³-hybridized carbons (Fsp3) is 0.353. The lowest BCUT2D eigenvalue weighted by Crippen LogP contribution is -2.50. The molecule has 0 saturated heterocycles. The zero-order valence-corrected chi connectivity index (χ0v) is 26.6. The van der Waals surface area contributed by atoms with Gasteiger partial charge in [0.2, 0.25) is 0 Å². The van der Waals surface area contributed by atoms with Crippen molar-refractivity contribution in [3.63, 3.8) is 0 Å². The van der Waals surface area contributed by atoms with Crippen molar-refractivity contribution in [1.29, 1.82) is 0 Å². The van der Waals surface area contributed by atoms with Gasteiger partial charge in [-0.1, -0.05) is 97.1 Å². The molecule has 1 aliphatic carbocycles. The van der Waals surface area contributed by atoms with Gasteiger partial charge in [0, 0.05) is 26.7 Å². The Hall–Kier alpha value is -4.08. The number of aliphatic imine (C=N–C) groups is 1. The van der Waals surface area contributed by atoms with Gasteiger partial charge in [-0.05, 0) is 67.5 Å². The highest BCUT2D eigenvalue weighted by molar-refractivity contribution is 6.47. The summed E-state index contributed by atoms with van der Waals surface area (Å²) in [6.45, 7) is 2.33. The van der Waals surface area contributed by atoms with E-state index >= 15 is 0 Å². The molecule has 11 heteroatoms. The Bertz CT molecular complexity index is 1660. The summed E-state index contributed by atoms with van der Waals surface area (Å²) in [7, 11) is 0. The van der Waals surface area contributed by atoms with Crippen LogP contribution in [0.2, 0.25) is 10.0 Å². The third kappa shape index (κ3) is 6.37. The Morgan fingerprint density at radius 1 is 0.978 bits per heavy atom. The van der Waals surface area contributed by atoms with Gasteiger partial charge in [0.05, 0.1) is 12.6 Å². The highest BCUT2D eigenvalue weighted by Crippen LogP contribution is 2.46. The number of unbranched alkanes of at least 4 members (excludes halogenated alkanes) is 1. The van der Waals surface area contributed by atoms with Crippen LogP contribution in [0.5, 0.6) is 0 Å². The predicted molar refractivity (Wildman–Crippen MR) is 175 cm³/mol. The van der Waals surface area contributed by atoms with Gasteiger partial charge < -0.3 is 10.2 Å². The number of hydrogen-bond acceptors (Lipinski definition) is 6. The van der Waals surface area contributed by atoms with Crippen molar-refractivity contribution in [2.45, 2.75) is 76.5 Å². The number of tetrazole rings is 1. The van der Waals surface area contributed by atoms with Crippen LogP contribution in [0.15, 0.2) is 71.7 Å². The molecule has 1 atom stereocenters. The predicted octanol–water partition coefficient (Wildman–Crippen LogP) is 7.33. The minimum Gasteiger partial charge on any atom is -0.345 e. The molecular weight excluding hydrogens is 609 g/mol. The quantitative estimate of drug-likeness (QED) is 0.188. The summed E-state index contributed by atoms with van der Waals surface area (Å²) < 4.78 is 0.